The minimum atomic E-state index is -3.60. The van der Waals surface area contributed by atoms with Crippen molar-refractivity contribution in [1.82, 2.24) is 5.43 Å². The first-order valence-corrected chi connectivity index (χ1v) is 14.4. The van der Waals surface area contributed by atoms with Gasteiger partial charge >= 0.3 is 0 Å². The molecule has 4 rings (SSSR count). The summed E-state index contributed by atoms with van der Waals surface area (Å²) in [4.78, 5) is 12.5. The van der Waals surface area contributed by atoms with E-state index in [0.717, 1.165) is 17.4 Å². The molecule has 0 aliphatic rings. The number of benzene rings is 4. The van der Waals surface area contributed by atoms with Gasteiger partial charge in [-0.15, -0.1) is 0 Å². The molecule has 0 bridgehead atoms. The Balaban J connectivity index is 1.34. The third kappa shape index (κ3) is 7.83. The zero-order valence-corrected chi connectivity index (χ0v) is 23.2. The fourth-order valence-corrected chi connectivity index (χ4v) is 4.88. The summed E-state index contributed by atoms with van der Waals surface area (Å²) in [5.41, 5.74) is 5.54. The highest BCUT2D eigenvalue weighted by Crippen LogP contribution is 2.24. The van der Waals surface area contributed by atoms with Gasteiger partial charge in [0.25, 0.3) is 5.91 Å². The number of hydrogen-bond acceptors (Lipinski definition) is 5. The van der Waals surface area contributed by atoms with Crippen molar-refractivity contribution in [3.8, 4) is 5.75 Å². The Labute approximate surface area is 237 Å². The molecule has 1 amide bonds. The van der Waals surface area contributed by atoms with E-state index in [2.05, 4.69) is 10.5 Å². The predicted molar refractivity (Wildman–Crippen MR) is 156 cm³/mol. The second-order valence-electron chi connectivity index (χ2n) is 8.56. The van der Waals surface area contributed by atoms with Gasteiger partial charge < -0.3 is 4.74 Å². The van der Waals surface area contributed by atoms with E-state index in [-0.39, 0.29) is 6.54 Å². The molecule has 4 aromatic carbocycles. The van der Waals surface area contributed by atoms with E-state index in [1.807, 2.05) is 36.4 Å². The van der Waals surface area contributed by atoms with Gasteiger partial charge in [-0.25, -0.2) is 13.8 Å². The number of nitrogens with zero attached hydrogens (tertiary/aromatic N) is 2. The minimum absolute atomic E-state index is 0.0676. The van der Waals surface area contributed by atoms with Crippen molar-refractivity contribution in [2.45, 2.75) is 13.2 Å². The molecule has 0 heterocycles. The third-order valence-corrected chi connectivity index (χ3v) is 7.58. The van der Waals surface area contributed by atoms with Crippen molar-refractivity contribution < 1.29 is 17.9 Å². The Morgan fingerprint density at radius 3 is 2.05 bits per heavy atom. The first-order chi connectivity index (χ1) is 18.7. The van der Waals surface area contributed by atoms with Gasteiger partial charge in [0.2, 0.25) is 10.0 Å². The van der Waals surface area contributed by atoms with Crippen LogP contribution < -0.4 is 14.5 Å². The van der Waals surface area contributed by atoms with Crippen LogP contribution >= 0.6 is 23.2 Å². The molecular formula is C29H25Cl2N3O4S. The number of carbonyl (C=O) groups is 1. The summed E-state index contributed by atoms with van der Waals surface area (Å²) < 4.78 is 31.9. The average Bonchev–Trinajstić information content (AvgIpc) is 2.92. The normalized spacial score (nSPS) is 11.4. The van der Waals surface area contributed by atoms with Gasteiger partial charge in [0.1, 0.15) is 12.4 Å². The van der Waals surface area contributed by atoms with E-state index >= 15 is 0 Å². The van der Waals surface area contributed by atoms with Crippen LogP contribution in [0.2, 0.25) is 10.0 Å². The summed E-state index contributed by atoms with van der Waals surface area (Å²) in [5.74, 6) is 0.239. The lowest BCUT2D eigenvalue weighted by Gasteiger charge is -2.23. The zero-order valence-electron chi connectivity index (χ0n) is 20.9. The fraction of sp³-hybridized carbons (Fsp3) is 0.103. The van der Waals surface area contributed by atoms with E-state index in [0.29, 0.717) is 39.2 Å². The molecule has 39 heavy (non-hydrogen) atoms. The molecule has 0 fully saturated rings. The number of ether oxygens (including phenoxy) is 1. The van der Waals surface area contributed by atoms with Crippen LogP contribution in [0.25, 0.3) is 0 Å². The van der Waals surface area contributed by atoms with Crippen molar-refractivity contribution in [3.63, 3.8) is 0 Å². The van der Waals surface area contributed by atoms with Gasteiger partial charge in [-0.3, -0.25) is 9.10 Å². The third-order valence-electron chi connectivity index (χ3n) is 5.70. The maximum absolute atomic E-state index is 12.5. The van der Waals surface area contributed by atoms with Gasteiger partial charge in [-0.05, 0) is 71.8 Å². The number of nitrogens with one attached hydrogen (secondary N) is 1. The second-order valence-corrected chi connectivity index (χ2v) is 11.3. The second kappa shape index (κ2) is 12.8. The summed E-state index contributed by atoms with van der Waals surface area (Å²) >= 11 is 12.4. The number of sulfonamides is 1. The first-order valence-electron chi connectivity index (χ1n) is 11.8. The molecule has 4 aromatic rings. The smallest absolute Gasteiger partial charge is 0.271 e. The summed E-state index contributed by atoms with van der Waals surface area (Å²) in [6, 6.07) is 28.0. The summed E-state index contributed by atoms with van der Waals surface area (Å²) in [7, 11) is -3.60. The highest BCUT2D eigenvalue weighted by atomic mass is 35.5. The van der Waals surface area contributed by atoms with Crippen molar-refractivity contribution in [3.05, 3.63) is 129 Å². The molecule has 0 spiro atoms. The van der Waals surface area contributed by atoms with Crippen molar-refractivity contribution >= 4 is 51.0 Å². The number of hydrazone groups is 1. The number of carbonyl (C=O) groups excluding carboxylic acids is 1. The Morgan fingerprint density at radius 1 is 0.872 bits per heavy atom. The van der Waals surface area contributed by atoms with Gasteiger partial charge in [-0.1, -0.05) is 59.6 Å². The molecule has 0 aromatic heterocycles. The molecule has 10 heteroatoms. The SMILES string of the molecule is CS(=O)(=O)N(Cc1ccccc1Cl)c1ccc(C(=O)NN=Cc2ccc(OCc3ccccc3Cl)cc2)cc1. The van der Waals surface area contributed by atoms with Crippen molar-refractivity contribution in [2.75, 3.05) is 10.6 Å². The zero-order chi connectivity index (χ0) is 27.8. The van der Waals surface area contributed by atoms with Crippen LogP contribution in [0.15, 0.2) is 102 Å². The average molecular weight is 583 g/mol. The van der Waals surface area contributed by atoms with Crippen LogP contribution in [0.4, 0.5) is 5.69 Å². The standard InChI is InChI=1S/C29H25Cl2N3O4S/c1-39(36,37)34(19-23-6-2-4-8-27(23)30)25-14-12-22(13-15-25)29(35)33-32-18-21-10-16-26(17-11-21)38-20-24-7-3-5-9-28(24)31/h2-18H,19-20H2,1H3,(H,33,35). The lowest BCUT2D eigenvalue weighted by molar-refractivity contribution is 0.0955. The molecular weight excluding hydrogens is 557 g/mol. The van der Waals surface area contributed by atoms with Gasteiger partial charge in [0.05, 0.1) is 24.7 Å². The van der Waals surface area contributed by atoms with Crippen LogP contribution in [-0.2, 0) is 23.2 Å². The van der Waals surface area contributed by atoms with E-state index in [4.69, 9.17) is 27.9 Å². The fourth-order valence-electron chi connectivity index (χ4n) is 3.62. The monoisotopic (exact) mass is 581 g/mol. The van der Waals surface area contributed by atoms with Crippen LogP contribution in [-0.4, -0.2) is 26.8 Å². The topological polar surface area (TPSA) is 88.1 Å². The number of anilines is 1. The van der Waals surface area contributed by atoms with E-state index in [1.165, 1.54) is 22.7 Å². The molecule has 200 valence electrons. The summed E-state index contributed by atoms with van der Waals surface area (Å²) in [5, 5.41) is 5.13. The highest BCUT2D eigenvalue weighted by Gasteiger charge is 2.19. The van der Waals surface area contributed by atoms with E-state index in [9.17, 15) is 13.2 Å². The molecule has 0 saturated carbocycles. The molecule has 7 nitrogen and oxygen atoms in total. The maximum Gasteiger partial charge on any atom is 0.271 e. The van der Waals surface area contributed by atoms with Gasteiger partial charge in [0.15, 0.2) is 0 Å². The molecule has 0 unspecified atom stereocenters. The van der Waals surface area contributed by atoms with Gasteiger partial charge in [0, 0.05) is 21.2 Å². The number of hydrogen-bond donors (Lipinski definition) is 1. The molecule has 0 aliphatic heterocycles. The van der Waals surface area contributed by atoms with E-state index in [1.54, 1.807) is 48.5 Å². The lowest BCUT2D eigenvalue weighted by atomic mass is 10.2. The number of halogens is 2. The summed E-state index contributed by atoms with van der Waals surface area (Å²) in [6.07, 6.45) is 2.63. The molecule has 0 radical (unpaired) electrons. The quantitative estimate of drug-likeness (QED) is 0.176. The Hall–Kier alpha value is -3.85. The predicted octanol–water partition coefficient (Wildman–Crippen LogP) is 6.30. The van der Waals surface area contributed by atoms with Gasteiger partial charge in [-0.2, -0.15) is 5.10 Å². The molecule has 0 saturated heterocycles. The number of amides is 1. The molecule has 1 N–H and O–H groups in total. The Morgan fingerprint density at radius 2 is 1.46 bits per heavy atom. The highest BCUT2D eigenvalue weighted by molar-refractivity contribution is 7.92. The van der Waals surface area contributed by atoms with E-state index < -0.39 is 15.9 Å². The van der Waals surface area contributed by atoms with Crippen molar-refractivity contribution in [2.24, 2.45) is 5.10 Å². The minimum Gasteiger partial charge on any atom is -0.489 e. The lowest BCUT2D eigenvalue weighted by Crippen LogP contribution is -2.29. The summed E-state index contributed by atoms with van der Waals surface area (Å²) in [6.45, 7) is 0.419. The van der Waals surface area contributed by atoms with Crippen LogP contribution in [0.1, 0.15) is 27.0 Å². The van der Waals surface area contributed by atoms with Crippen molar-refractivity contribution in [1.29, 1.82) is 0 Å². The van der Waals surface area contributed by atoms with Crippen LogP contribution in [0, 0.1) is 0 Å². The molecule has 0 atom stereocenters. The Bertz CT molecular complexity index is 1580. The largest absolute Gasteiger partial charge is 0.489 e. The van der Waals surface area contributed by atoms with Crippen LogP contribution in [0.3, 0.4) is 0 Å². The Kier molecular flexibility index (Phi) is 9.24. The number of rotatable bonds is 10. The first kappa shape index (κ1) is 28.2. The maximum atomic E-state index is 12.5. The van der Waals surface area contributed by atoms with Crippen LogP contribution in [0.5, 0.6) is 5.75 Å². The molecule has 0 aliphatic carbocycles.